The molecule has 0 unspecified atom stereocenters. The predicted molar refractivity (Wildman–Crippen MR) is 117 cm³/mol. The Morgan fingerprint density at radius 2 is 1.83 bits per heavy atom. The minimum atomic E-state index is -0.330. The van der Waals surface area contributed by atoms with E-state index in [4.69, 9.17) is 0 Å². The summed E-state index contributed by atoms with van der Waals surface area (Å²) in [5.41, 5.74) is 1.64. The Morgan fingerprint density at radius 3 is 2.53 bits per heavy atom. The summed E-state index contributed by atoms with van der Waals surface area (Å²) in [7, 11) is 0. The lowest BCUT2D eigenvalue weighted by atomic mass is 10.0. The highest BCUT2D eigenvalue weighted by Gasteiger charge is 2.32. The molecule has 1 aromatic heterocycles. The van der Waals surface area contributed by atoms with E-state index in [1.54, 1.807) is 18.2 Å². The highest BCUT2D eigenvalue weighted by molar-refractivity contribution is 8.00. The van der Waals surface area contributed by atoms with Crippen LogP contribution in [-0.2, 0) is 4.79 Å². The summed E-state index contributed by atoms with van der Waals surface area (Å²) in [4.78, 5) is 12.7. The lowest BCUT2D eigenvalue weighted by molar-refractivity contribution is -0.120. The monoisotopic (exact) mass is 424 g/mol. The molecule has 0 bridgehead atoms. The summed E-state index contributed by atoms with van der Waals surface area (Å²) in [5.74, 6) is 0.406. The van der Waals surface area contributed by atoms with E-state index in [0.29, 0.717) is 23.1 Å². The molecule has 1 saturated carbocycles. The minimum absolute atomic E-state index is 0.0411. The van der Waals surface area contributed by atoms with Crippen LogP contribution in [0.15, 0.2) is 59.8 Å². The molecular formula is C23H25FN4OS. The van der Waals surface area contributed by atoms with E-state index in [1.165, 1.54) is 23.4 Å². The molecule has 0 radical (unpaired) electrons. The number of hydrogen-bond acceptors (Lipinski definition) is 4. The molecular weight excluding hydrogens is 399 g/mol. The standard InChI is InChI=1S/C23H25FN4OS/c1-15(17-8-4-3-5-9-17)14-25-22(29)16(2)30-23-27-26-21(28(23)18-12-13-18)19-10-6-7-11-20(19)24/h3-11,15-16,18H,12-14H2,1-2H3,(H,25,29)/t15-,16-/m0/s1. The van der Waals surface area contributed by atoms with E-state index < -0.39 is 0 Å². The molecule has 1 amide bonds. The van der Waals surface area contributed by atoms with Crippen molar-refractivity contribution < 1.29 is 9.18 Å². The Morgan fingerprint density at radius 1 is 1.13 bits per heavy atom. The number of halogens is 1. The van der Waals surface area contributed by atoms with Crippen LogP contribution in [0.4, 0.5) is 4.39 Å². The van der Waals surface area contributed by atoms with Crippen molar-refractivity contribution in [1.82, 2.24) is 20.1 Å². The van der Waals surface area contributed by atoms with Gasteiger partial charge >= 0.3 is 0 Å². The molecule has 1 heterocycles. The van der Waals surface area contributed by atoms with Gasteiger partial charge in [0.2, 0.25) is 5.91 Å². The normalized spacial score (nSPS) is 15.6. The molecule has 0 spiro atoms. The van der Waals surface area contributed by atoms with Gasteiger partial charge in [-0.05, 0) is 43.4 Å². The highest BCUT2D eigenvalue weighted by Crippen LogP contribution is 2.42. The Kier molecular flexibility index (Phi) is 6.18. The number of hydrogen-bond donors (Lipinski definition) is 1. The first-order chi connectivity index (χ1) is 14.5. The second kappa shape index (κ2) is 9.00. The average Bonchev–Trinajstić information content (AvgIpc) is 3.53. The third-order valence-corrected chi connectivity index (χ3v) is 6.35. The van der Waals surface area contributed by atoms with Crippen LogP contribution in [0.2, 0.25) is 0 Å². The smallest absolute Gasteiger partial charge is 0.233 e. The van der Waals surface area contributed by atoms with Gasteiger partial charge in [-0.2, -0.15) is 0 Å². The van der Waals surface area contributed by atoms with E-state index >= 15 is 0 Å². The summed E-state index contributed by atoms with van der Waals surface area (Å²) in [6.07, 6.45) is 2.03. The molecule has 30 heavy (non-hydrogen) atoms. The van der Waals surface area contributed by atoms with Gasteiger partial charge in [-0.1, -0.05) is 61.2 Å². The molecule has 156 valence electrons. The maximum absolute atomic E-state index is 14.3. The van der Waals surface area contributed by atoms with Crippen molar-refractivity contribution in [2.45, 2.75) is 49.1 Å². The van der Waals surface area contributed by atoms with Crippen LogP contribution in [0.5, 0.6) is 0 Å². The molecule has 0 aliphatic heterocycles. The number of carbonyl (C=O) groups excluding carboxylic acids is 1. The predicted octanol–water partition coefficient (Wildman–Crippen LogP) is 4.82. The van der Waals surface area contributed by atoms with Gasteiger partial charge in [0.15, 0.2) is 11.0 Å². The maximum atomic E-state index is 14.3. The van der Waals surface area contributed by atoms with E-state index in [-0.39, 0.29) is 28.9 Å². The van der Waals surface area contributed by atoms with Gasteiger partial charge in [0, 0.05) is 12.6 Å². The fourth-order valence-electron chi connectivity index (χ4n) is 3.35. The molecule has 5 nitrogen and oxygen atoms in total. The first-order valence-corrected chi connectivity index (χ1v) is 11.1. The van der Waals surface area contributed by atoms with Gasteiger partial charge in [0.1, 0.15) is 5.82 Å². The van der Waals surface area contributed by atoms with Gasteiger partial charge in [-0.15, -0.1) is 10.2 Å². The van der Waals surface area contributed by atoms with Crippen molar-refractivity contribution in [3.63, 3.8) is 0 Å². The quantitative estimate of drug-likeness (QED) is 0.527. The van der Waals surface area contributed by atoms with Crippen LogP contribution in [-0.4, -0.2) is 32.5 Å². The van der Waals surface area contributed by atoms with E-state index in [2.05, 4.69) is 34.6 Å². The number of benzene rings is 2. The Labute approximate surface area is 180 Å². The molecule has 1 fully saturated rings. The second-order valence-corrected chi connectivity index (χ2v) is 9.01. The van der Waals surface area contributed by atoms with Crippen molar-refractivity contribution in [2.75, 3.05) is 6.54 Å². The number of carbonyl (C=O) groups is 1. The van der Waals surface area contributed by atoms with E-state index in [0.717, 1.165) is 12.8 Å². The number of rotatable bonds is 8. The summed E-state index contributed by atoms with van der Waals surface area (Å²) in [6, 6.07) is 17.0. The number of nitrogens with one attached hydrogen (secondary N) is 1. The first-order valence-electron chi connectivity index (χ1n) is 10.2. The number of aromatic nitrogens is 3. The molecule has 3 aromatic rings. The van der Waals surface area contributed by atoms with Crippen molar-refractivity contribution in [3.8, 4) is 11.4 Å². The lowest BCUT2D eigenvalue weighted by Gasteiger charge is -2.16. The van der Waals surface area contributed by atoms with Crippen LogP contribution in [0.3, 0.4) is 0 Å². The zero-order valence-electron chi connectivity index (χ0n) is 17.1. The van der Waals surface area contributed by atoms with Gasteiger partial charge in [0.05, 0.1) is 10.8 Å². The van der Waals surface area contributed by atoms with Crippen molar-refractivity contribution >= 4 is 17.7 Å². The minimum Gasteiger partial charge on any atom is -0.355 e. The van der Waals surface area contributed by atoms with Crippen LogP contribution in [0.25, 0.3) is 11.4 Å². The van der Waals surface area contributed by atoms with Crippen LogP contribution < -0.4 is 5.32 Å². The lowest BCUT2D eigenvalue weighted by Crippen LogP contribution is -2.33. The molecule has 1 N–H and O–H groups in total. The molecule has 1 aliphatic carbocycles. The Bertz CT molecular complexity index is 1020. The zero-order valence-corrected chi connectivity index (χ0v) is 17.9. The van der Waals surface area contributed by atoms with Crippen LogP contribution in [0.1, 0.15) is 44.2 Å². The third kappa shape index (κ3) is 4.56. The van der Waals surface area contributed by atoms with Crippen molar-refractivity contribution in [3.05, 3.63) is 66.0 Å². The average molecular weight is 425 g/mol. The van der Waals surface area contributed by atoms with E-state index in [1.807, 2.05) is 29.7 Å². The summed E-state index contributed by atoms with van der Waals surface area (Å²) in [6.45, 7) is 4.53. The third-order valence-electron chi connectivity index (χ3n) is 5.29. The molecule has 0 saturated heterocycles. The van der Waals surface area contributed by atoms with Gasteiger partial charge in [-0.3, -0.25) is 9.36 Å². The Balaban J connectivity index is 1.44. The number of nitrogens with zero attached hydrogens (tertiary/aromatic N) is 3. The summed E-state index contributed by atoms with van der Waals surface area (Å²) >= 11 is 1.37. The fraction of sp³-hybridized carbons (Fsp3) is 0.348. The highest BCUT2D eigenvalue weighted by atomic mass is 32.2. The second-order valence-electron chi connectivity index (χ2n) is 7.70. The molecule has 2 atom stereocenters. The molecule has 2 aromatic carbocycles. The van der Waals surface area contributed by atoms with Gasteiger partial charge < -0.3 is 5.32 Å². The summed E-state index contributed by atoms with van der Waals surface area (Å²) < 4.78 is 16.3. The fourth-order valence-corrected chi connectivity index (χ4v) is 4.30. The van der Waals surface area contributed by atoms with Crippen LogP contribution >= 0.6 is 11.8 Å². The summed E-state index contributed by atoms with van der Waals surface area (Å²) in [5, 5.41) is 11.9. The number of amides is 1. The van der Waals surface area contributed by atoms with Crippen molar-refractivity contribution in [2.24, 2.45) is 0 Å². The largest absolute Gasteiger partial charge is 0.355 e. The number of thioether (sulfide) groups is 1. The van der Waals surface area contributed by atoms with Crippen molar-refractivity contribution in [1.29, 1.82) is 0 Å². The van der Waals surface area contributed by atoms with Gasteiger partial charge in [-0.25, -0.2) is 4.39 Å². The SMILES string of the molecule is C[C@H](Sc1nnc(-c2ccccc2F)n1C1CC1)C(=O)NC[C@H](C)c1ccccc1. The van der Waals surface area contributed by atoms with E-state index in [9.17, 15) is 9.18 Å². The Hall–Kier alpha value is -2.67. The van der Waals surface area contributed by atoms with Gasteiger partial charge in [0.25, 0.3) is 0 Å². The maximum Gasteiger partial charge on any atom is 0.233 e. The first kappa shape index (κ1) is 20.6. The molecule has 4 rings (SSSR count). The topological polar surface area (TPSA) is 59.8 Å². The van der Waals surface area contributed by atoms with Crippen LogP contribution in [0, 0.1) is 5.82 Å². The molecule has 7 heteroatoms. The zero-order chi connectivity index (χ0) is 21.1. The molecule has 1 aliphatic rings.